The van der Waals surface area contributed by atoms with Crippen molar-refractivity contribution in [1.82, 2.24) is 10.2 Å². The third kappa shape index (κ3) is 4.40. The smallest absolute Gasteiger partial charge is 0.407 e. The fraction of sp³-hybridized carbons (Fsp3) is 0.464. The summed E-state index contributed by atoms with van der Waals surface area (Å²) in [7, 11) is 0. The molecule has 1 saturated carbocycles. The minimum atomic E-state index is -0.778. The molecule has 4 unspecified atom stereocenters. The second-order valence-corrected chi connectivity index (χ2v) is 10.2. The number of likely N-dealkylation sites (tertiary alicyclic amines) is 1. The Bertz CT molecular complexity index is 1090. The van der Waals surface area contributed by atoms with Crippen LogP contribution in [0.4, 0.5) is 4.79 Å². The summed E-state index contributed by atoms with van der Waals surface area (Å²) in [4.78, 5) is 39.1. The van der Waals surface area contributed by atoms with Gasteiger partial charge in [0.05, 0.1) is 5.92 Å². The van der Waals surface area contributed by atoms with Crippen LogP contribution in [0.5, 0.6) is 0 Å². The Labute approximate surface area is 205 Å². The molecule has 1 aliphatic heterocycles. The van der Waals surface area contributed by atoms with Crippen molar-refractivity contribution in [2.75, 3.05) is 19.7 Å². The summed E-state index contributed by atoms with van der Waals surface area (Å²) < 4.78 is 5.68. The number of nitrogens with one attached hydrogen (secondary N) is 1. The molecular weight excluding hydrogens is 444 g/mol. The quantitative estimate of drug-likeness (QED) is 0.598. The zero-order valence-electron chi connectivity index (χ0n) is 20.1. The summed E-state index contributed by atoms with van der Waals surface area (Å²) in [5, 5.41) is 12.1. The monoisotopic (exact) mass is 476 g/mol. The van der Waals surface area contributed by atoms with Gasteiger partial charge in [-0.2, -0.15) is 0 Å². The van der Waals surface area contributed by atoms with Crippen LogP contribution in [0.1, 0.15) is 43.7 Å². The molecule has 2 aliphatic carbocycles. The highest BCUT2D eigenvalue weighted by Gasteiger charge is 2.60. The number of nitrogens with zero attached hydrogens (tertiary/aromatic N) is 1. The lowest BCUT2D eigenvalue weighted by Gasteiger charge is -2.27. The molecule has 7 heteroatoms. The maximum atomic E-state index is 13.3. The molecule has 0 aromatic heterocycles. The van der Waals surface area contributed by atoms with E-state index in [1.165, 1.54) is 0 Å². The summed E-state index contributed by atoms with van der Waals surface area (Å²) in [6, 6.07) is 15.6. The largest absolute Gasteiger partial charge is 0.481 e. The molecule has 3 aliphatic rings. The Morgan fingerprint density at radius 3 is 2.14 bits per heavy atom. The molecule has 35 heavy (non-hydrogen) atoms. The highest BCUT2D eigenvalue weighted by atomic mass is 16.5. The van der Waals surface area contributed by atoms with E-state index in [0.29, 0.717) is 19.5 Å². The second kappa shape index (κ2) is 9.36. The highest BCUT2D eigenvalue weighted by Crippen LogP contribution is 2.52. The van der Waals surface area contributed by atoms with Crippen LogP contribution in [0, 0.1) is 23.7 Å². The van der Waals surface area contributed by atoms with Gasteiger partial charge in [0.15, 0.2) is 0 Å². The van der Waals surface area contributed by atoms with E-state index in [4.69, 9.17) is 4.74 Å². The number of alkyl carbamates (subject to hydrolysis) is 1. The summed E-state index contributed by atoms with van der Waals surface area (Å²) in [5.74, 6) is -0.972. The van der Waals surface area contributed by atoms with E-state index in [1.54, 1.807) is 4.90 Å². The molecule has 0 radical (unpaired) electrons. The first kappa shape index (κ1) is 23.4. The van der Waals surface area contributed by atoms with Crippen LogP contribution in [0.3, 0.4) is 0 Å². The minimum Gasteiger partial charge on any atom is -0.481 e. The van der Waals surface area contributed by atoms with Crippen molar-refractivity contribution in [3.8, 4) is 11.1 Å². The van der Waals surface area contributed by atoms with Gasteiger partial charge in [0.25, 0.3) is 0 Å². The predicted molar refractivity (Wildman–Crippen MR) is 131 cm³/mol. The average molecular weight is 477 g/mol. The minimum absolute atomic E-state index is 0.0372. The number of carbonyl (C=O) groups is 3. The van der Waals surface area contributed by atoms with Crippen molar-refractivity contribution in [2.24, 2.45) is 23.7 Å². The number of piperidine rings is 1. The van der Waals surface area contributed by atoms with Gasteiger partial charge < -0.3 is 20.1 Å². The van der Waals surface area contributed by atoms with Crippen molar-refractivity contribution >= 4 is 18.0 Å². The maximum absolute atomic E-state index is 13.3. The number of carbonyl (C=O) groups excluding carboxylic acids is 2. The Balaban J connectivity index is 1.23. The number of carboxylic acid groups (broad SMARTS) is 1. The van der Waals surface area contributed by atoms with Crippen molar-refractivity contribution in [2.45, 2.75) is 38.6 Å². The molecule has 0 bridgehead atoms. The lowest BCUT2D eigenvalue weighted by molar-refractivity contribution is -0.141. The number of rotatable bonds is 8. The van der Waals surface area contributed by atoms with E-state index >= 15 is 0 Å². The number of carboxylic acids is 1. The topological polar surface area (TPSA) is 95.9 Å². The number of hydrogen-bond donors (Lipinski definition) is 2. The van der Waals surface area contributed by atoms with E-state index < -0.39 is 18.1 Å². The lowest BCUT2D eigenvalue weighted by atomic mass is 9.98. The lowest BCUT2D eigenvalue weighted by Crippen LogP contribution is -2.49. The molecule has 184 valence electrons. The first-order valence-electron chi connectivity index (χ1n) is 12.5. The Morgan fingerprint density at radius 2 is 1.60 bits per heavy atom. The Hall–Kier alpha value is -3.35. The zero-order chi connectivity index (χ0) is 24.7. The number of amides is 2. The second-order valence-electron chi connectivity index (χ2n) is 10.2. The first-order valence-corrected chi connectivity index (χ1v) is 12.5. The molecular formula is C28H32N2O5. The van der Waals surface area contributed by atoms with Crippen LogP contribution in [0.2, 0.25) is 0 Å². The van der Waals surface area contributed by atoms with Crippen LogP contribution in [-0.2, 0) is 14.3 Å². The van der Waals surface area contributed by atoms with E-state index in [1.807, 2.05) is 24.3 Å². The van der Waals surface area contributed by atoms with Gasteiger partial charge >= 0.3 is 12.1 Å². The van der Waals surface area contributed by atoms with Crippen molar-refractivity contribution in [3.63, 3.8) is 0 Å². The van der Waals surface area contributed by atoms with Crippen molar-refractivity contribution < 1.29 is 24.2 Å². The van der Waals surface area contributed by atoms with Gasteiger partial charge in [-0.25, -0.2) is 4.79 Å². The van der Waals surface area contributed by atoms with Gasteiger partial charge in [0, 0.05) is 19.0 Å². The number of ether oxygens (including phenoxy) is 1. The van der Waals surface area contributed by atoms with E-state index in [9.17, 15) is 19.5 Å². The van der Waals surface area contributed by atoms with Crippen LogP contribution in [0.15, 0.2) is 48.5 Å². The molecule has 1 heterocycles. The van der Waals surface area contributed by atoms with Crippen LogP contribution in [-0.4, -0.2) is 53.7 Å². The van der Waals surface area contributed by atoms with Gasteiger partial charge in [0.2, 0.25) is 5.91 Å². The predicted octanol–water partition coefficient (Wildman–Crippen LogP) is 4.12. The molecule has 1 saturated heterocycles. The number of fused-ring (bicyclic) bond motifs is 4. The standard InChI is InChI=1S/C28H32N2O5/c1-3-16(2)12-24(26(31)30-13-21-22(14-30)25(21)27(32)33)29-28(34)35-15-23-19-10-6-4-8-17(19)18-9-5-7-11-20(18)23/h4-11,16,21-25H,3,12-15H2,1-2H3,(H,29,34)(H,32,33). The van der Waals surface area contributed by atoms with E-state index in [0.717, 1.165) is 28.7 Å². The number of hydrogen-bond acceptors (Lipinski definition) is 4. The maximum Gasteiger partial charge on any atom is 0.407 e. The van der Waals surface area contributed by atoms with Crippen molar-refractivity contribution in [1.29, 1.82) is 0 Å². The third-order valence-corrected chi connectivity index (χ3v) is 8.06. The highest BCUT2D eigenvalue weighted by molar-refractivity contribution is 5.87. The molecule has 5 rings (SSSR count). The van der Waals surface area contributed by atoms with Gasteiger partial charge in [0.1, 0.15) is 12.6 Å². The molecule has 2 amide bonds. The van der Waals surface area contributed by atoms with Gasteiger partial charge in [-0.1, -0.05) is 68.8 Å². The van der Waals surface area contributed by atoms with Gasteiger partial charge in [-0.05, 0) is 46.4 Å². The van der Waals surface area contributed by atoms with E-state index in [-0.39, 0.29) is 42.1 Å². The molecule has 2 aromatic carbocycles. The first-order chi connectivity index (χ1) is 16.9. The molecule has 2 aromatic rings. The zero-order valence-corrected chi connectivity index (χ0v) is 20.1. The average Bonchev–Trinajstić information content (AvgIpc) is 3.21. The summed E-state index contributed by atoms with van der Waals surface area (Å²) in [6.07, 6.45) is 0.817. The summed E-state index contributed by atoms with van der Waals surface area (Å²) in [5.41, 5.74) is 4.60. The summed E-state index contributed by atoms with van der Waals surface area (Å²) >= 11 is 0. The molecule has 0 spiro atoms. The normalized spacial score (nSPS) is 23.6. The molecule has 4 atom stereocenters. The van der Waals surface area contributed by atoms with Gasteiger partial charge in [-0.3, -0.25) is 9.59 Å². The fourth-order valence-corrected chi connectivity index (χ4v) is 5.87. The van der Waals surface area contributed by atoms with Crippen molar-refractivity contribution in [3.05, 3.63) is 59.7 Å². The number of aliphatic carboxylic acids is 1. The Morgan fingerprint density at radius 1 is 1.03 bits per heavy atom. The number of benzene rings is 2. The van der Waals surface area contributed by atoms with Crippen LogP contribution in [0.25, 0.3) is 11.1 Å². The van der Waals surface area contributed by atoms with Gasteiger partial charge in [-0.15, -0.1) is 0 Å². The SMILES string of the molecule is CCC(C)CC(NC(=O)OCC1c2ccccc2-c2ccccc21)C(=O)N1CC2C(C1)C2C(=O)O. The van der Waals surface area contributed by atoms with E-state index in [2.05, 4.69) is 43.4 Å². The fourth-order valence-electron chi connectivity index (χ4n) is 5.87. The molecule has 2 fully saturated rings. The van der Waals surface area contributed by atoms with Crippen LogP contribution >= 0.6 is 0 Å². The van der Waals surface area contributed by atoms with Crippen LogP contribution < -0.4 is 5.32 Å². The Kier molecular flexibility index (Phi) is 6.26. The summed E-state index contributed by atoms with van der Waals surface area (Å²) in [6.45, 7) is 5.20. The third-order valence-electron chi connectivity index (χ3n) is 8.06. The molecule has 2 N–H and O–H groups in total. The molecule has 7 nitrogen and oxygen atoms in total.